The van der Waals surface area contributed by atoms with Crippen LogP contribution in [-0.2, 0) is 0 Å². The number of hydrogen-bond donors (Lipinski definition) is 1. The highest BCUT2D eigenvalue weighted by molar-refractivity contribution is 7.10. The van der Waals surface area contributed by atoms with E-state index in [1.807, 2.05) is 30.3 Å². The fourth-order valence-electron chi connectivity index (χ4n) is 3.63. The first-order chi connectivity index (χ1) is 13.7. The third-order valence-corrected chi connectivity index (χ3v) is 6.36. The Morgan fingerprint density at radius 1 is 1.24 bits per heavy atom. The fraction of sp³-hybridized carbons (Fsp3) is 0.364. The zero-order valence-electron chi connectivity index (χ0n) is 16.4. The van der Waals surface area contributed by atoms with Gasteiger partial charge in [-0.15, -0.1) is 23.7 Å². The van der Waals surface area contributed by atoms with Crippen LogP contribution in [0.4, 0.5) is 0 Å². The summed E-state index contributed by atoms with van der Waals surface area (Å²) in [6, 6.07) is 15.8. The largest absolute Gasteiger partial charge is 0.355 e. The molecule has 0 saturated carbocycles. The Balaban J connectivity index is 0.00000240. The number of hydrogen-bond acceptors (Lipinski definition) is 5. The molecule has 0 bridgehead atoms. The molecule has 1 atom stereocenters. The highest BCUT2D eigenvalue weighted by Crippen LogP contribution is 2.29. The van der Waals surface area contributed by atoms with Crippen LogP contribution in [0.1, 0.15) is 41.2 Å². The molecule has 4 rings (SSSR count). The molecule has 3 aromatic rings. The molecule has 1 aliphatic rings. The number of benzene rings is 1. The number of rotatable bonds is 6. The highest BCUT2D eigenvalue weighted by Gasteiger charge is 2.26. The van der Waals surface area contributed by atoms with Gasteiger partial charge in [-0.2, -0.15) is 0 Å². The lowest BCUT2D eigenvalue weighted by atomic mass is 9.97. The number of piperidine rings is 1. The molecule has 1 N–H and O–H groups in total. The minimum absolute atomic E-state index is 0. The van der Waals surface area contributed by atoms with E-state index >= 15 is 0 Å². The number of nitrogens with zero attached hydrogens (tertiary/aromatic N) is 2. The Labute approximate surface area is 181 Å². The van der Waals surface area contributed by atoms with Gasteiger partial charge in [-0.25, -0.2) is 0 Å². The van der Waals surface area contributed by atoms with Crippen LogP contribution in [0.25, 0.3) is 11.3 Å². The maximum Gasteiger partial charge on any atom is 0.273 e. The van der Waals surface area contributed by atoms with Gasteiger partial charge in [-0.05, 0) is 43.3 Å². The van der Waals surface area contributed by atoms with E-state index in [0.29, 0.717) is 18.0 Å². The lowest BCUT2D eigenvalue weighted by Crippen LogP contribution is -2.41. The van der Waals surface area contributed by atoms with Crippen molar-refractivity contribution in [1.29, 1.82) is 0 Å². The zero-order valence-corrected chi connectivity index (χ0v) is 18.0. The summed E-state index contributed by atoms with van der Waals surface area (Å²) in [5.74, 6) is 1.19. The van der Waals surface area contributed by atoms with E-state index in [1.165, 1.54) is 17.7 Å². The normalized spacial score (nSPS) is 16.2. The Morgan fingerprint density at radius 3 is 2.69 bits per heavy atom. The minimum atomic E-state index is -0.196. The van der Waals surface area contributed by atoms with E-state index in [2.05, 4.69) is 39.8 Å². The molecule has 1 aromatic carbocycles. The van der Waals surface area contributed by atoms with E-state index in [9.17, 15) is 4.79 Å². The predicted octanol–water partition coefficient (Wildman–Crippen LogP) is 5.03. The number of amides is 1. The lowest BCUT2D eigenvalue weighted by Gasteiger charge is -2.36. The van der Waals surface area contributed by atoms with E-state index in [-0.39, 0.29) is 24.4 Å². The standard InChI is InChI=1S/C22H25N3O2S.ClH/c1-16-9-11-25(12-10-16)19(21-8-5-13-28-21)15-23-22(26)18-14-20(27-24-18)17-6-3-2-4-7-17;/h2-8,13-14,16,19H,9-12,15H2,1H3,(H,23,26);1H. The van der Waals surface area contributed by atoms with E-state index in [1.54, 1.807) is 17.4 Å². The molecule has 0 spiro atoms. The molecular formula is C22H26ClN3O2S. The summed E-state index contributed by atoms with van der Waals surface area (Å²) in [4.78, 5) is 16.4. The van der Waals surface area contributed by atoms with Crippen molar-refractivity contribution in [3.63, 3.8) is 0 Å². The summed E-state index contributed by atoms with van der Waals surface area (Å²) < 4.78 is 5.36. The second-order valence-electron chi connectivity index (χ2n) is 7.40. The quantitative estimate of drug-likeness (QED) is 0.594. The van der Waals surface area contributed by atoms with Crippen LogP contribution in [0, 0.1) is 5.92 Å². The highest BCUT2D eigenvalue weighted by atomic mass is 35.5. The molecule has 3 heterocycles. The average Bonchev–Trinajstić information content (AvgIpc) is 3.42. The molecule has 7 heteroatoms. The number of carbonyl (C=O) groups is 1. The molecule has 154 valence electrons. The van der Waals surface area contributed by atoms with Gasteiger partial charge in [0.25, 0.3) is 5.91 Å². The molecule has 0 radical (unpaired) electrons. The Morgan fingerprint density at radius 2 is 2.00 bits per heavy atom. The Kier molecular flexibility index (Phi) is 7.47. The SMILES string of the molecule is CC1CCN(C(CNC(=O)c2cc(-c3ccccc3)on2)c2cccs2)CC1.Cl. The molecule has 1 saturated heterocycles. The van der Waals surface area contributed by atoms with Gasteiger partial charge in [0.05, 0.1) is 6.04 Å². The second kappa shape index (κ2) is 10.1. The third-order valence-electron chi connectivity index (χ3n) is 5.39. The van der Waals surface area contributed by atoms with Gasteiger partial charge < -0.3 is 9.84 Å². The van der Waals surface area contributed by atoms with Gasteiger partial charge >= 0.3 is 0 Å². The van der Waals surface area contributed by atoms with Crippen LogP contribution in [0.15, 0.2) is 58.4 Å². The summed E-state index contributed by atoms with van der Waals surface area (Å²) >= 11 is 1.75. The average molecular weight is 432 g/mol. The molecule has 1 aliphatic heterocycles. The van der Waals surface area contributed by atoms with Crippen molar-refractivity contribution in [3.8, 4) is 11.3 Å². The monoisotopic (exact) mass is 431 g/mol. The first-order valence-corrected chi connectivity index (χ1v) is 10.7. The maximum atomic E-state index is 12.6. The van der Waals surface area contributed by atoms with Gasteiger partial charge in [-0.1, -0.05) is 48.5 Å². The molecule has 2 aromatic heterocycles. The molecular weight excluding hydrogens is 406 g/mol. The van der Waals surface area contributed by atoms with E-state index in [4.69, 9.17) is 4.52 Å². The maximum absolute atomic E-state index is 12.6. The van der Waals surface area contributed by atoms with Crippen molar-refractivity contribution < 1.29 is 9.32 Å². The summed E-state index contributed by atoms with van der Waals surface area (Å²) in [6.45, 7) is 5.03. The first-order valence-electron chi connectivity index (χ1n) is 9.78. The molecule has 0 aliphatic carbocycles. The fourth-order valence-corrected chi connectivity index (χ4v) is 4.49. The van der Waals surface area contributed by atoms with Crippen LogP contribution in [0.3, 0.4) is 0 Å². The van der Waals surface area contributed by atoms with Gasteiger partial charge in [-0.3, -0.25) is 9.69 Å². The number of likely N-dealkylation sites (tertiary alicyclic amines) is 1. The van der Waals surface area contributed by atoms with Crippen LogP contribution in [0.2, 0.25) is 0 Å². The lowest BCUT2D eigenvalue weighted by molar-refractivity contribution is 0.0906. The van der Waals surface area contributed by atoms with Crippen molar-refractivity contribution in [3.05, 3.63) is 64.5 Å². The van der Waals surface area contributed by atoms with Gasteiger partial charge in [0.2, 0.25) is 0 Å². The second-order valence-corrected chi connectivity index (χ2v) is 8.38. The summed E-state index contributed by atoms with van der Waals surface area (Å²) in [6.07, 6.45) is 2.42. The van der Waals surface area contributed by atoms with E-state index in [0.717, 1.165) is 24.6 Å². The summed E-state index contributed by atoms with van der Waals surface area (Å²) in [5.41, 5.74) is 1.23. The summed E-state index contributed by atoms with van der Waals surface area (Å²) in [5, 5.41) is 9.12. The van der Waals surface area contributed by atoms with Crippen molar-refractivity contribution in [1.82, 2.24) is 15.4 Å². The third kappa shape index (κ3) is 5.26. The smallest absolute Gasteiger partial charge is 0.273 e. The van der Waals surface area contributed by atoms with Crippen LogP contribution in [-0.4, -0.2) is 35.6 Å². The number of aromatic nitrogens is 1. The van der Waals surface area contributed by atoms with Crippen molar-refractivity contribution in [2.24, 2.45) is 5.92 Å². The number of thiophene rings is 1. The van der Waals surface area contributed by atoms with Gasteiger partial charge in [0.15, 0.2) is 11.5 Å². The molecule has 5 nitrogen and oxygen atoms in total. The molecule has 1 unspecified atom stereocenters. The van der Waals surface area contributed by atoms with Crippen LogP contribution < -0.4 is 5.32 Å². The summed E-state index contributed by atoms with van der Waals surface area (Å²) in [7, 11) is 0. The number of halogens is 1. The van der Waals surface area contributed by atoms with Crippen LogP contribution >= 0.6 is 23.7 Å². The Hall–Kier alpha value is -2.15. The minimum Gasteiger partial charge on any atom is -0.355 e. The molecule has 1 amide bonds. The molecule has 29 heavy (non-hydrogen) atoms. The van der Waals surface area contributed by atoms with Gasteiger partial charge in [0.1, 0.15) is 0 Å². The zero-order chi connectivity index (χ0) is 19.3. The number of carbonyl (C=O) groups excluding carboxylic acids is 1. The number of nitrogens with one attached hydrogen (secondary N) is 1. The topological polar surface area (TPSA) is 58.4 Å². The molecule has 1 fully saturated rings. The van der Waals surface area contributed by atoms with Gasteiger partial charge in [0, 0.05) is 23.1 Å². The van der Waals surface area contributed by atoms with Crippen molar-refractivity contribution in [2.75, 3.05) is 19.6 Å². The Bertz CT molecular complexity index is 890. The van der Waals surface area contributed by atoms with Crippen molar-refractivity contribution in [2.45, 2.75) is 25.8 Å². The predicted molar refractivity (Wildman–Crippen MR) is 119 cm³/mol. The first kappa shape index (κ1) is 21.6. The van der Waals surface area contributed by atoms with Crippen LogP contribution in [0.5, 0.6) is 0 Å². The van der Waals surface area contributed by atoms with Crippen molar-refractivity contribution >= 4 is 29.7 Å². The van der Waals surface area contributed by atoms with E-state index < -0.39 is 0 Å².